The fraction of sp³-hybridized carbons (Fsp3) is 0.696. The van der Waals surface area contributed by atoms with E-state index in [1.54, 1.807) is 7.11 Å². The topological polar surface area (TPSA) is 76.8 Å². The van der Waals surface area contributed by atoms with Crippen LogP contribution in [0.3, 0.4) is 0 Å². The Morgan fingerprint density at radius 3 is 2.59 bits per heavy atom. The summed E-state index contributed by atoms with van der Waals surface area (Å²) in [4.78, 5) is 15.2. The largest absolute Gasteiger partial charge is 0.495 e. The molecule has 1 amide bonds. The standard InChI is InChI=1S/C23H37N3O3/c1-17-10-11-22(28-2)21(14-17)25-23(27)29-20-15-18-8-7-9-19(16-20)26(18)13-6-4-3-5-12-24/h10-11,14,18-20H,3-9,12-13,15-16,24H2,1-2H3,(H,25,27)/t18-,19+,20?. The van der Waals surface area contributed by atoms with Gasteiger partial charge in [-0.1, -0.05) is 25.3 Å². The molecule has 1 aromatic rings. The summed E-state index contributed by atoms with van der Waals surface area (Å²) < 4.78 is 11.2. The van der Waals surface area contributed by atoms with E-state index in [0.29, 0.717) is 23.5 Å². The van der Waals surface area contributed by atoms with Crippen LogP contribution in [-0.4, -0.2) is 49.4 Å². The number of anilines is 1. The van der Waals surface area contributed by atoms with Crippen LogP contribution in [0, 0.1) is 6.92 Å². The molecule has 1 unspecified atom stereocenters. The number of nitrogens with zero attached hydrogens (tertiary/aromatic N) is 1. The molecule has 0 aromatic heterocycles. The minimum Gasteiger partial charge on any atom is -0.495 e. The van der Waals surface area contributed by atoms with Crippen molar-refractivity contribution in [3.63, 3.8) is 0 Å². The van der Waals surface area contributed by atoms with E-state index in [2.05, 4.69) is 10.2 Å². The van der Waals surface area contributed by atoms with Crippen LogP contribution in [0.5, 0.6) is 5.75 Å². The molecule has 0 saturated carbocycles. The number of piperidine rings is 2. The summed E-state index contributed by atoms with van der Waals surface area (Å²) in [6.07, 6.45) is 10.1. The van der Waals surface area contributed by atoms with E-state index in [1.807, 2.05) is 25.1 Å². The van der Waals surface area contributed by atoms with Gasteiger partial charge in [0.15, 0.2) is 0 Å². The lowest BCUT2D eigenvalue weighted by Crippen LogP contribution is -2.54. The van der Waals surface area contributed by atoms with Crippen molar-refractivity contribution in [2.75, 3.05) is 25.5 Å². The molecule has 3 atom stereocenters. The molecule has 0 radical (unpaired) electrons. The molecule has 6 heteroatoms. The van der Waals surface area contributed by atoms with Crippen molar-refractivity contribution in [1.29, 1.82) is 0 Å². The van der Waals surface area contributed by atoms with Gasteiger partial charge in [0.2, 0.25) is 0 Å². The van der Waals surface area contributed by atoms with Gasteiger partial charge in [-0.2, -0.15) is 0 Å². The van der Waals surface area contributed by atoms with Gasteiger partial charge < -0.3 is 15.2 Å². The number of rotatable bonds is 9. The maximum atomic E-state index is 12.5. The number of carbonyl (C=O) groups is 1. The fourth-order valence-corrected chi connectivity index (χ4v) is 4.89. The highest BCUT2D eigenvalue weighted by Crippen LogP contribution is 2.36. The smallest absolute Gasteiger partial charge is 0.412 e. The first-order valence-electron chi connectivity index (χ1n) is 11.2. The molecule has 2 bridgehead atoms. The average molecular weight is 404 g/mol. The molecule has 2 heterocycles. The van der Waals surface area contributed by atoms with E-state index >= 15 is 0 Å². The van der Waals surface area contributed by atoms with Gasteiger partial charge in [-0.05, 0) is 63.4 Å². The van der Waals surface area contributed by atoms with E-state index in [0.717, 1.165) is 31.4 Å². The Balaban J connectivity index is 1.50. The van der Waals surface area contributed by atoms with Gasteiger partial charge in [0, 0.05) is 24.9 Å². The first kappa shape index (κ1) is 21.9. The van der Waals surface area contributed by atoms with E-state index in [9.17, 15) is 4.79 Å². The summed E-state index contributed by atoms with van der Waals surface area (Å²) in [5.74, 6) is 0.647. The van der Waals surface area contributed by atoms with Gasteiger partial charge >= 0.3 is 6.09 Å². The highest BCUT2D eigenvalue weighted by Gasteiger charge is 2.39. The number of ether oxygens (including phenoxy) is 2. The predicted octanol–water partition coefficient (Wildman–Crippen LogP) is 4.46. The quantitative estimate of drug-likeness (QED) is 0.596. The number of amides is 1. The summed E-state index contributed by atoms with van der Waals surface area (Å²) in [7, 11) is 1.61. The van der Waals surface area contributed by atoms with Crippen LogP contribution in [0.25, 0.3) is 0 Å². The Kier molecular flexibility index (Phi) is 8.19. The molecule has 3 N–H and O–H groups in total. The Labute approximate surface area is 175 Å². The minimum atomic E-state index is -0.382. The number of unbranched alkanes of at least 4 members (excludes halogenated alkanes) is 3. The second-order valence-corrected chi connectivity index (χ2v) is 8.51. The molecule has 0 spiro atoms. The number of benzene rings is 1. The highest BCUT2D eigenvalue weighted by atomic mass is 16.6. The number of methoxy groups -OCH3 is 1. The second kappa shape index (κ2) is 10.8. The molecule has 29 heavy (non-hydrogen) atoms. The third kappa shape index (κ3) is 6.09. The number of aryl methyl sites for hydroxylation is 1. The summed E-state index contributed by atoms with van der Waals surface area (Å²) in [6, 6.07) is 6.82. The van der Waals surface area contributed by atoms with Gasteiger partial charge in [0.1, 0.15) is 11.9 Å². The number of fused-ring (bicyclic) bond motifs is 2. The summed E-state index contributed by atoms with van der Waals surface area (Å²) in [5, 5.41) is 2.87. The van der Waals surface area contributed by atoms with E-state index in [1.165, 1.54) is 45.1 Å². The van der Waals surface area contributed by atoms with Crippen molar-refractivity contribution in [1.82, 2.24) is 4.90 Å². The molecular weight excluding hydrogens is 366 g/mol. The first-order chi connectivity index (χ1) is 14.1. The predicted molar refractivity (Wildman–Crippen MR) is 117 cm³/mol. The van der Waals surface area contributed by atoms with Gasteiger partial charge in [-0.25, -0.2) is 4.79 Å². The van der Waals surface area contributed by atoms with Crippen molar-refractivity contribution in [3.8, 4) is 5.75 Å². The monoisotopic (exact) mass is 403 g/mol. The lowest BCUT2D eigenvalue weighted by atomic mass is 9.82. The van der Waals surface area contributed by atoms with Crippen molar-refractivity contribution in [2.45, 2.75) is 82.9 Å². The number of nitrogens with two attached hydrogens (primary N) is 1. The zero-order valence-corrected chi connectivity index (χ0v) is 18.0. The lowest BCUT2D eigenvalue weighted by Gasteiger charge is -2.48. The maximum Gasteiger partial charge on any atom is 0.412 e. The van der Waals surface area contributed by atoms with Crippen LogP contribution in [-0.2, 0) is 4.74 Å². The van der Waals surface area contributed by atoms with Gasteiger partial charge in [-0.15, -0.1) is 0 Å². The molecule has 0 aliphatic carbocycles. The summed E-state index contributed by atoms with van der Waals surface area (Å²) in [6.45, 7) is 3.95. The molecule has 162 valence electrons. The third-order valence-electron chi connectivity index (χ3n) is 6.32. The van der Waals surface area contributed by atoms with E-state index in [-0.39, 0.29) is 12.2 Å². The number of hydrogen-bond donors (Lipinski definition) is 2. The Bertz CT molecular complexity index is 653. The zero-order valence-electron chi connectivity index (χ0n) is 18.0. The van der Waals surface area contributed by atoms with Crippen LogP contribution < -0.4 is 15.8 Å². The SMILES string of the molecule is COc1ccc(C)cc1NC(=O)OC1C[C@H]2CCC[C@@H](C1)N2CCCCCCN. The van der Waals surface area contributed by atoms with Crippen molar-refractivity contribution in [3.05, 3.63) is 23.8 Å². The lowest BCUT2D eigenvalue weighted by molar-refractivity contribution is -0.0308. The van der Waals surface area contributed by atoms with Crippen molar-refractivity contribution >= 4 is 11.8 Å². The van der Waals surface area contributed by atoms with Gasteiger partial charge in [0.25, 0.3) is 0 Å². The van der Waals surface area contributed by atoms with Crippen LogP contribution in [0.4, 0.5) is 10.5 Å². The number of nitrogens with one attached hydrogen (secondary N) is 1. The van der Waals surface area contributed by atoms with Crippen molar-refractivity contribution in [2.24, 2.45) is 5.73 Å². The highest BCUT2D eigenvalue weighted by molar-refractivity contribution is 5.87. The number of carbonyl (C=O) groups excluding carboxylic acids is 1. The number of hydrogen-bond acceptors (Lipinski definition) is 5. The Morgan fingerprint density at radius 1 is 1.17 bits per heavy atom. The van der Waals surface area contributed by atoms with Gasteiger partial charge in [0.05, 0.1) is 12.8 Å². The molecule has 1 aromatic carbocycles. The normalized spacial score (nSPS) is 24.2. The molecule has 2 fully saturated rings. The molecular formula is C23H37N3O3. The minimum absolute atomic E-state index is 0.00501. The van der Waals surface area contributed by atoms with E-state index < -0.39 is 0 Å². The molecule has 3 rings (SSSR count). The van der Waals surface area contributed by atoms with Crippen LogP contribution in [0.15, 0.2) is 18.2 Å². The molecule has 2 aliphatic heterocycles. The van der Waals surface area contributed by atoms with E-state index in [4.69, 9.17) is 15.2 Å². The summed E-state index contributed by atoms with van der Waals surface area (Å²) in [5.41, 5.74) is 7.32. The Morgan fingerprint density at radius 2 is 1.90 bits per heavy atom. The van der Waals surface area contributed by atoms with Crippen molar-refractivity contribution < 1.29 is 14.3 Å². The van der Waals surface area contributed by atoms with Gasteiger partial charge in [-0.3, -0.25) is 10.2 Å². The Hall–Kier alpha value is -1.79. The molecule has 2 saturated heterocycles. The third-order valence-corrected chi connectivity index (χ3v) is 6.32. The average Bonchev–Trinajstić information content (AvgIpc) is 2.68. The molecule has 2 aliphatic rings. The maximum absolute atomic E-state index is 12.5. The summed E-state index contributed by atoms with van der Waals surface area (Å²) >= 11 is 0. The molecule has 6 nitrogen and oxygen atoms in total. The fourth-order valence-electron chi connectivity index (χ4n) is 4.89. The van der Waals surface area contributed by atoms with Crippen LogP contribution >= 0.6 is 0 Å². The van der Waals surface area contributed by atoms with Crippen LogP contribution in [0.2, 0.25) is 0 Å². The first-order valence-corrected chi connectivity index (χ1v) is 11.2. The second-order valence-electron chi connectivity index (χ2n) is 8.51. The van der Waals surface area contributed by atoms with Crippen LogP contribution in [0.1, 0.15) is 63.4 Å². The zero-order chi connectivity index (χ0) is 20.6.